The molecule has 16 heavy (non-hydrogen) atoms. The van der Waals surface area contributed by atoms with Crippen molar-refractivity contribution in [2.45, 2.75) is 6.42 Å². The molecule has 0 aliphatic carbocycles. The van der Waals surface area contributed by atoms with Crippen LogP contribution in [0, 0.1) is 0 Å². The molecule has 0 spiro atoms. The monoisotopic (exact) mass is 265 g/mol. The molecule has 0 saturated carbocycles. The summed E-state index contributed by atoms with van der Waals surface area (Å²) in [6, 6.07) is 0.384. The van der Waals surface area contributed by atoms with Gasteiger partial charge in [0.15, 0.2) is 9.84 Å². The molecule has 1 saturated heterocycles. The molecule has 0 amide bonds. The zero-order valence-corrected chi connectivity index (χ0v) is 10.2. The summed E-state index contributed by atoms with van der Waals surface area (Å²) >= 11 is 5.55. The molecule has 8 heteroatoms. The molecule has 0 bridgehead atoms. The van der Waals surface area contributed by atoms with Crippen molar-refractivity contribution >= 4 is 27.5 Å². The van der Waals surface area contributed by atoms with Gasteiger partial charge >= 0.3 is 6.01 Å². The Labute approximate surface area is 98.5 Å². The number of rotatable bonds is 3. The molecule has 0 N–H and O–H groups in total. The minimum Gasteiger partial charge on any atom is -0.408 e. The van der Waals surface area contributed by atoms with Gasteiger partial charge in [-0.3, -0.25) is 0 Å². The Bertz CT molecular complexity index is 445. The summed E-state index contributed by atoms with van der Waals surface area (Å²) in [6.45, 7) is 0.815. The largest absolute Gasteiger partial charge is 0.408 e. The summed E-state index contributed by atoms with van der Waals surface area (Å²) in [5.41, 5.74) is 0. The van der Waals surface area contributed by atoms with E-state index in [9.17, 15) is 8.42 Å². The number of sulfone groups is 1. The fourth-order valence-corrected chi connectivity index (χ4v) is 2.82. The first kappa shape index (κ1) is 11.7. The molecule has 0 aromatic carbocycles. The molecule has 1 aliphatic heterocycles. The molecule has 90 valence electrons. The number of aromatic nitrogens is 2. The predicted molar refractivity (Wildman–Crippen MR) is 59.6 cm³/mol. The Morgan fingerprint density at radius 2 is 2.00 bits per heavy atom. The first-order valence-corrected chi connectivity index (χ1v) is 7.30. The van der Waals surface area contributed by atoms with E-state index in [2.05, 4.69) is 10.2 Å². The highest BCUT2D eigenvalue weighted by Gasteiger charge is 2.24. The minimum absolute atomic E-state index is 0.139. The van der Waals surface area contributed by atoms with Crippen molar-refractivity contribution in [2.24, 2.45) is 0 Å². The fourth-order valence-electron chi connectivity index (χ4n) is 1.46. The van der Waals surface area contributed by atoms with Crippen LogP contribution in [0.25, 0.3) is 0 Å². The standard InChI is InChI=1S/C8H12ClN3O3S/c9-2-1-7-10-11-8(15-7)12-3-5-16(13,14)6-4-12/h1-6H2. The van der Waals surface area contributed by atoms with E-state index in [1.807, 2.05) is 0 Å². The Kier molecular flexibility index (Phi) is 3.34. The highest BCUT2D eigenvalue weighted by Crippen LogP contribution is 2.15. The van der Waals surface area contributed by atoms with E-state index in [0.717, 1.165) is 0 Å². The van der Waals surface area contributed by atoms with Crippen LogP contribution in [0.5, 0.6) is 0 Å². The van der Waals surface area contributed by atoms with E-state index in [0.29, 0.717) is 37.3 Å². The van der Waals surface area contributed by atoms with Crippen LogP contribution in [0.3, 0.4) is 0 Å². The van der Waals surface area contributed by atoms with Gasteiger partial charge in [0, 0.05) is 25.4 Å². The summed E-state index contributed by atoms with van der Waals surface area (Å²) < 4.78 is 27.8. The van der Waals surface area contributed by atoms with E-state index in [1.54, 1.807) is 4.90 Å². The molecule has 2 heterocycles. The molecule has 2 rings (SSSR count). The van der Waals surface area contributed by atoms with Gasteiger partial charge in [0.2, 0.25) is 5.89 Å². The smallest absolute Gasteiger partial charge is 0.318 e. The average Bonchev–Trinajstić information content (AvgIpc) is 2.67. The van der Waals surface area contributed by atoms with Gasteiger partial charge in [0.05, 0.1) is 11.5 Å². The molecule has 1 fully saturated rings. The van der Waals surface area contributed by atoms with Crippen LogP contribution in [0.4, 0.5) is 6.01 Å². The molecule has 1 aromatic rings. The highest BCUT2D eigenvalue weighted by molar-refractivity contribution is 7.91. The number of nitrogens with zero attached hydrogens (tertiary/aromatic N) is 3. The van der Waals surface area contributed by atoms with Gasteiger partial charge in [-0.2, -0.15) is 0 Å². The normalized spacial score (nSPS) is 19.9. The summed E-state index contributed by atoms with van der Waals surface area (Å²) in [5, 5.41) is 7.69. The maximum Gasteiger partial charge on any atom is 0.318 e. The lowest BCUT2D eigenvalue weighted by molar-refractivity contribution is 0.489. The maximum atomic E-state index is 11.2. The van der Waals surface area contributed by atoms with Gasteiger partial charge in [-0.15, -0.1) is 16.7 Å². The maximum absolute atomic E-state index is 11.2. The number of hydrogen-bond donors (Lipinski definition) is 0. The van der Waals surface area contributed by atoms with Crippen molar-refractivity contribution in [1.29, 1.82) is 0 Å². The second kappa shape index (κ2) is 4.58. The fraction of sp³-hybridized carbons (Fsp3) is 0.750. The third kappa shape index (κ3) is 2.65. The number of anilines is 1. The first-order chi connectivity index (χ1) is 7.61. The molecule has 0 radical (unpaired) electrons. The van der Waals surface area contributed by atoms with Crippen molar-refractivity contribution < 1.29 is 12.8 Å². The minimum atomic E-state index is -2.88. The lowest BCUT2D eigenvalue weighted by Gasteiger charge is -2.24. The second-order valence-electron chi connectivity index (χ2n) is 3.56. The number of aryl methyl sites for hydroxylation is 1. The van der Waals surface area contributed by atoms with Gasteiger partial charge in [-0.25, -0.2) is 8.42 Å². The van der Waals surface area contributed by atoms with Gasteiger partial charge in [0.1, 0.15) is 0 Å². The molecule has 6 nitrogen and oxygen atoms in total. The summed E-state index contributed by atoms with van der Waals surface area (Å²) in [6.07, 6.45) is 0.528. The van der Waals surface area contributed by atoms with Gasteiger partial charge in [-0.1, -0.05) is 5.10 Å². The Morgan fingerprint density at radius 1 is 1.31 bits per heavy atom. The molecule has 0 atom stereocenters. The van der Waals surface area contributed by atoms with Crippen molar-refractivity contribution in [1.82, 2.24) is 10.2 Å². The van der Waals surface area contributed by atoms with Crippen LogP contribution in [0.1, 0.15) is 5.89 Å². The quantitative estimate of drug-likeness (QED) is 0.721. The van der Waals surface area contributed by atoms with E-state index >= 15 is 0 Å². The van der Waals surface area contributed by atoms with Crippen molar-refractivity contribution in [3.05, 3.63) is 5.89 Å². The van der Waals surface area contributed by atoms with E-state index < -0.39 is 9.84 Å². The van der Waals surface area contributed by atoms with Crippen LogP contribution in [-0.4, -0.2) is 49.1 Å². The van der Waals surface area contributed by atoms with E-state index in [4.69, 9.17) is 16.0 Å². The lowest BCUT2D eigenvalue weighted by atomic mass is 10.5. The van der Waals surface area contributed by atoms with Gasteiger partial charge < -0.3 is 9.32 Å². The lowest BCUT2D eigenvalue weighted by Crippen LogP contribution is -2.40. The summed E-state index contributed by atoms with van der Waals surface area (Å²) in [4.78, 5) is 1.78. The Hall–Kier alpha value is -0.820. The zero-order chi connectivity index (χ0) is 11.6. The number of alkyl halides is 1. The van der Waals surface area contributed by atoms with Gasteiger partial charge in [-0.05, 0) is 0 Å². The van der Waals surface area contributed by atoms with Crippen molar-refractivity contribution in [3.8, 4) is 0 Å². The number of halogens is 1. The molecule has 0 unspecified atom stereocenters. The molecular formula is C8H12ClN3O3S. The first-order valence-electron chi connectivity index (χ1n) is 4.94. The second-order valence-corrected chi connectivity index (χ2v) is 6.24. The van der Waals surface area contributed by atoms with E-state index in [-0.39, 0.29) is 11.5 Å². The van der Waals surface area contributed by atoms with Crippen LogP contribution in [0.15, 0.2) is 4.42 Å². The topological polar surface area (TPSA) is 76.3 Å². The molecule has 1 aromatic heterocycles. The van der Waals surface area contributed by atoms with Gasteiger partial charge in [0.25, 0.3) is 0 Å². The van der Waals surface area contributed by atoms with E-state index in [1.165, 1.54) is 0 Å². The van der Waals surface area contributed by atoms with Crippen LogP contribution < -0.4 is 4.90 Å². The Balaban J connectivity index is 2.02. The van der Waals surface area contributed by atoms with Crippen LogP contribution in [0.2, 0.25) is 0 Å². The van der Waals surface area contributed by atoms with Crippen LogP contribution >= 0.6 is 11.6 Å². The Morgan fingerprint density at radius 3 is 2.62 bits per heavy atom. The predicted octanol–water partition coefficient (Wildman–Crippen LogP) is 0.0857. The zero-order valence-electron chi connectivity index (χ0n) is 8.60. The highest BCUT2D eigenvalue weighted by atomic mass is 35.5. The average molecular weight is 266 g/mol. The summed E-state index contributed by atoms with van der Waals surface area (Å²) in [5.74, 6) is 1.19. The molecule has 1 aliphatic rings. The SMILES string of the molecule is O=S1(=O)CCN(c2nnc(CCCl)o2)CC1. The third-order valence-corrected chi connectivity index (χ3v) is 4.18. The molecular weight excluding hydrogens is 254 g/mol. The number of hydrogen-bond acceptors (Lipinski definition) is 6. The van der Waals surface area contributed by atoms with Crippen molar-refractivity contribution in [3.63, 3.8) is 0 Å². The van der Waals surface area contributed by atoms with Crippen molar-refractivity contribution in [2.75, 3.05) is 35.4 Å². The van der Waals surface area contributed by atoms with Crippen LogP contribution in [-0.2, 0) is 16.3 Å². The third-order valence-electron chi connectivity index (χ3n) is 2.38. The summed E-state index contributed by atoms with van der Waals surface area (Å²) in [7, 11) is -2.88.